The third-order valence-corrected chi connectivity index (χ3v) is 4.03. The van der Waals surface area contributed by atoms with E-state index in [0.717, 1.165) is 6.07 Å². The van der Waals surface area contributed by atoms with E-state index in [4.69, 9.17) is 4.42 Å². The molecule has 0 unspecified atom stereocenters. The zero-order valence-electron chi connectivity index (χ0n) is 15.3. The molecular weight excluding hydrogens is 353 g/mol. The molecule has 0 saturated heterocycles. The van der Waals surface area contributed by atoms with Crippen LogP contribution in [0.2, 0.25) is 0 Å². The summed E-state index contributed by atoms with van der Waals surface area (Å²) >= 11 is 0. The van der Waals surface area contributed by atoms with Crippen LogP contribution in [0.25, 0.3) is 22.1 Å². The van der Waals surface area contributed by atoms with Crippen LogP contribution in [0.3, 0.4) is 0 Å². The molecule has 7 nitrogen and oxygen atoms in total. The molecule has 0 aliphatic heterocycles. The lowest BCUT2D eigenvalue weighted by atomic mass is 10.00. The number of pyridine rings is 1. The van der Waals surface area contributed by atoms with Gasteiger partial charge in [0.1, 0.15) is 17.0 Å². The first-order valence-corrected chi connectivity index (χ1v) is 8.24. The second-order valence-electron chi connectivity index (χ2n) is 6.68. The first kappa shape index (κ1) is 18.5. The normalized spacial score (nSPS) is 11.8. The average Bonchev–Trinajstić information content (AvgIpc) is 2.58. The van der Waals surface area contributed by atoms with E-state index in [1.807, 2.05) is 13.8 Å². The van der Waals surface area contributed by atoms with E-state index in [2.05, 4.69) is 9.98 Å². The van der Waals surface area contributed by atoms with Crippen molar-refractivity contribution in [1.29, 1.82) is 0 Å². The Hall–Kier alpha value is -3.29. The lowest BCUT2D eigenvalue weighted by molar-refractivity contribution is 0.0697. The first-order valence-electron chi connectivity index (χ1n) is 8.24. The van der Waals surface area contributed by atoms with Crippen molar-refractivity contribution in [3.63, 3.8) is 0 Å². The Balaban J connectivity index is 2.38. The maximum absolute atomic E-state index is 14.3. The summed E-state index contributed by atoms with van der Waals surface area (Å²) < 4.78 is 19.9. The van der Waals surface area contributed by atoms with Crippen molar-refractivity contribution in [1.82, 2.24) is 9.88 Å². The molecule has 0 radical (unpaired) electrons. The zero-order chi connectivity index (χ0) is 19.9. The van der Waals surface area contributed by atoms with Crippen molar-refractivity contribution in [2.45, 2.75) is 19.8 Å². The molecule has 2 aromatic heterocycles. The third-order valence-electron chi connectivity index (χ3n) is 4.03. The summed E-state index contributed by atoms with van der Waals surface area (Å²) in [5.74, 6) is -1.98. The predicted octanol–water partition coefficient (Wildman–Crippen LogP) is 3.52. The Labute approximate surface area is 153 Å². The Morgan fingerprint density at radius 2 is 2.00 bits per heavy atom. The Bertz CT molecular complexity index is 1150. The SMILES string of the molecule is CC(C)c1cc2c(=O)c3cc(C(=O)O)c(N=CN(C)C)nc3oc2cc1F. The molecule has 0 aliphatic carbocycles. The van der Waals surface area contributed by atoms with Crippen LogP contribution < -0.4 is 5.43 Å². The van der Waals surface area contributed by atoms with Crippen molar-refractivity contribution in [2.24, 2.45) is 4.99 Å². The number of rotatable bonds is 4. The highest BCUT2D eigenvalue weighted by molar-refractivity contribution is 5.98. The van der Waals surface area contributed by atoms with Gasteiger partial charge in [0.15, 0.2) is 5.82 Å². The summed E-state index contributed by atoms with van der Waals surface area (Å²) in [7, 11) is 3.43. The van der Waals surface area contributed by atoms with E-state index in [1.54, 1.807) is 19.0 Å². The molecule has 0 atom stereocenters. The molecule has 0 amide bonds. The highest BCUT2D eigenvalue weighted by Crippen LogP contribution is 2.27. The lowest BCUT2D eigenvalue weighted by Crippen LogP contribution is -2.10. The van der Waals surface area contributed by atoms with Crippen LogP contribution in [0, 0.1) is 5.82 Å². The minimum Gasteiger partial charge on any atom is -0.478 e. The van der Waals surface area contributed by atoms with Crippen LogP contribution in [0.4, 0.5) is 10.2 Å². The molecule has 140 valence electrons. The van der Waals surface area contributed by atoms with Crippen molar-refractivity contribution in [3.8, 4) is 0 Å². The van der Waals surface area contributed by atoms with E-state index in [1.165, 1.54) is 18.5 Å². The number of carboxylic acid groups (broad SMARTS) is 1. The van der Waals surface area contributed by atoms with Gasteiger partial charge < -0.3 is 14.4 Å². The molecule has 0 spiro atoms. The van der Waals surface area contributed by atoms with Gasteiger partial charge in [0.25, 0.3) is 0 Å². The van der Waals surface area contributed by atoms with Crippen LogP contribution in [-0.2, 0) is 0 Å². The molecule has 0 saturated carbocycles. The zero-order valence-corrected chi connectivity index (χ0v) is 15.3. The summed E-state index contributed by atoms with van der Waals surface area (Å²) in [5, 5.41) is 9.62. The van der Waals surface area contributed by atoms with Crippen LogP contribution in [0.5, 0.6) is 0 Å². The topological polar surface area (TPSA) is 96.0 Å². The number of carbonyl (C=O) groups is 1. The fraction of sp³-hybridized carbons (Fsp3) is 0.263. The predicted molar refractivity (Wildman–Crippen MR) is 101 cm³/mol. The molecule has 1 N–H and O–H groups in total. The van der Waals surface area contributed by atoms with E-state index in [0.29, 0.717) is 5.56 Å². The summed E-state index contributed by atoms with van der Waals surface area (Å²) in [5.41, 5.74) is -0.356. The number of hydrogen-bond acceptors (Lipinski definition) is 5. The second-order valence-corrected chi connectivity index (χ2v) is 6.68. The summed E-state index contributed by atoms with van der Waals surface area (Å²) in [4.78, 5) is 34.1. The minimum absolute atomic E-state index is 0.00465. The van der Waals surface area contributed by atoms with E-state index >= 15 is 0 Å². The highest BCUT2D eigenvalue weighted by atomic mass is 19.1. The second kappa shape index (κ2) is 6.79. The van der Waals surface area contributed by atoms with Gasteiger partial charge in [-0.3, -0.25) is 4.79 Å². The number of benzene rings is 1. The average molecular weight is 371 g/mol. The summed E-state index contributed by atoms with van der Waals surface area (Å²) in [6.45, 7) is 3.62. The van der Waals surface area contributed by atoms with Gasteiger partial charge in [-0.15, -0.1) is 0 Å². The first-order chi connectivity index (χ1) is 12.7. The fourth-order valence-corrected chi connectivity index (χ4v) is 2.68. The number of hydrogen-bond donors (Lipinski definition) is 1. The van der Waals surface area contributed by atoms with Crippen molar-refractivity contribution in [2.75, 3.05) is 14.1 Å². The number of aromatic nitrogens is 1. The smallest absolute Gasteiger partial charge is 0.339 e. The monoisotopic (exact) mass is 371 g/mol. The van der Waals surface area contributed by atoms with Crippen molar-refractivity contribution >= 4 is 40.2 Å². The van der Waals surface area contributed by atoms with Crippen molar-refractivity contribution < 1.29 is 18.7 Å². The molecule has 0 bridgehead atoms. The van der Waals surface area contributed by atoms with Gasteiger partial charge in [-0.1, -0.05) is 13.8 Å². The molecule has 0 aliphatic rings. The molecule has 3 rings (SSSR count). The number of fused-ring (bicyclic) bond motifs is 2. The van der Waals surface area contributed by atoms with Gasteiger partial charge in [-0.05, 0) is 23.6 Å². The maximum atomic E-state index is 14.3. The van der Waals surface area contributed by atoms with Crippen LogP contribution in [0.1, 0.15) is 35.7 Å². The maximum Gasteiger partial charge on any atom is 0.339 e. The van der Waals surface area contributed by atoms with Crippen LogP contribution in [0.15, 0.2) is 32.4 Å². The van der Waals surface area contributed by atoms with Gasteiger partial charge in [0, 0.05) is 20.2 Å². The largest absolute Gasteiger partial charge is 0.478 e. The van der Waals surface area contributed by atoms with Gasteiger partial charge >= 0.3 is 5.97 Å². The molecule has 27 heavy (non-hydrogen) atoms. The number of carboxylic acids is 1. The number of aromatic carboxylic acids is 1. The standard InChI is InChI=1S/C19H18FN3O4/c1-9(2)10-5-11-15(7-14(10)20)27-18-12(16(11)24)6-13(19(25)26)17(22-18)21-8-23(3)4/h5-9H,1-4H3,(H,25,26). The van der Waals surface area contributed by atoms with Crippen LogP contribution in [-0.4, -0.2) is 41.4 Å². The Morgan fingerprint density at radius 1 is 1.30 bits per heavy atom. The van der Waals surface area contributed by atoms with Gasteiger partial charge in [0.05, 0.1) is 17.1 Å². The van der Waals surface area contributed by atoms with E-state index in [9.17, 15) is 19.1 Å². The number of nitrogens with zero attached hydrogens (tertiary/aromatic N) is 3. The minimum atomic E-state index is -1.27. The number of halogens is 1. The Morgan fingerprint density at radius 3 is 2.59 bits per heavy atom. The number of aliphatic imine (C=N–C) groups is 1. The molecule has 1 aromatic carbocycles. The molecule has 2 heterocycles. The lowest BCUT2D eigenvalue weighted by Gasteiger charge is -2.09. The van der Waals surface area contributed by atoms with Gasteiger partial charge in [-0.2, -0.15) is 4.98 Å². The quantitative estimate of drug-likeness (QED) is 0.428. The highest BCUT2D eigenvalue weighted by Gasteiger charge is 2.19. The fourth-order valence-electron chi connectivity index (χ4n) is 2.68. The molecule has 8 heteroatoms. The summed E-state index contributed by atoms with van der Waals surface area (Å²) in [6.07, 6.45) is 1.38. The molecule has 3 aromatic rings. The Kier molecular flexibility index (Phi) is 4.65. The van der Waals surface area contributed by atoms with E-state index in [-0.39, 0.29) is 39.4 Å². The summed E-state index contributed by atoms with van der Waals surface area (Å²) in [6, 6.07) is 3.79. The van der Waals surface area contributed by atoms with Gasteiger partial charge in [-0.25, -0.2) is 14.2 Å². The van der Waals surface area contributed by atoms with E-state index < -0.39 is 17.2 Å². The third kappa shape index (κ3) is 3.38. The molecule has 0 fully saturated rings. The molecular formula is C19H18FN3O4. The van der Waals surface area contributed by atoms with Gasteiger partial charge in [0.2, 0.25) is 11.1 Å². The van der Waals surface area contributed by atoms with Crippen LogP contribution >= 0.6 is 0 Å². The van der Waals surface area contributed by atoms with Crippen molar-refractivity contribution in [3.05, 3.63) is 45.4 Å².